The first-order valence-corrected chi connectivity index (χ1v) is 9.26. The minimum atomic E-state index is -0.230. The normalized spacial score (nSPS) is 15.1. The molecule has 0 N–H and O–H groups in total. The molecule has 0 bridgehead atoms. The van der Waals surface area contributed by atoms with E-state index in [4.69, 9.17) is 0 Å². The molecule has 122 valence electrons. The molecular weight excluding hydrogens is 312 g/mol. The Hall–Kier alpha value is -3.12. The molecule has 0 saturated heterocycles. The second-order valence-corrected chi connectivity index (χ2v) is 7.37. The van der Waals surface area contributed by atoms with E-state index in [9.17, 15) is 0 Å². The van der Waals surface area contributed by atoms with Crippen LogP contribution in [0, 0.1) is 0 Å². The molecule has 0 spiro atoms. The van der Waals surface area contributed by atoms with E-state index < -0.39 is 0 Å². The maximum Gasteiger partial charge on any atom is 0.0713 e. The van der Waals surface area contributed by atoms with Crippen molar-refractivity contribution in [1.29, 1.82) is 0 Å². The summed E-state index contributed by atoms with van der Waals surface area (Å²) in [6.07, 6.45) is 1.15. The van der Waals surface area contributed by atoms with Gasteiger partial charge in [0.1, 0.15) is 0 Å². The van der Waals surface area contributed by atoms with E-state index in [-0.39, 0.29) is 5.41 Å². The maximum absolute atomic E-state index is 2.43. The van der Waals surface area contributed by atoms with Crippen molar-refractivity contribution in [3.05, 3.63) is 130 Å². The van der Waals surface area contributed by atoms with Crippen LogP contribution in [-0.4, -0.2) is 0 Å². The molecule has 0 unspecified atom stereocenters. The van der Waals surface area contributed by atoms with E-state index >= 15 is 0 Å². The summed E-state index contributed by atoms with van der Waals surface area (Å²) < 4.78 is 0. The standard InChI is InChI=1S/C26H18/c1-2-8-20(9-3-1)26(21-15-14-18-16-19(18)17-21)24-12-6-4-10-22(24)23-11-5-7-13-25(23)26/h1-15,17H,16H2. The largest absolute Gasteiger partial charge is 0.0713 e. The Morgan fingerprint density at radius 3 is 1.77 bits per heavy atom. The highest BCUT2D eigenvalue weighted by atomic mass is 14.5. The molecule has 2 aliphatic carbocycles. The van der Waals surface area contributed by atoms with Gasteiger partial charge in [-0.3, -0.25) is 0 Å². The van der Waals surface area contributed by atoms with Gasteiger partial charge in [0.25, 0.3) is 0 Å². The van der Waals surface area contributed by atoms with Gasteiger partial charge >= 0.3 is 0 Å². The smallest absolute Gasteiger partial charge is 0.0622 e. The van der Waals surface area contributed by atoms with Crippen LogP contribution in [0.25, 0.3) is 11.1 Å². The Balaban J connectivity index is 1.80. The first-order valence-electron chi connectivity index (χ1n) is 9.26. The Kier molecular flexibility index (Phi) is 2.69. The predicted molar refractivity (Wildman–Crippen MR) is 107 cm³/mol. The van der Waals surface area contributed by atoms with Gasteiger partial charge in [-0.05, 0) is 50.9 Å². The summed E-state index contributed by atoms with van der Waals surface area (Å²) in [5.74, 6) is 0. The van der Waals surface area contributed by atoms with Crippen molar-refractivity contribution in [2.45, 2.75) is 11.8 Å². The van der Waals surface area contributed by atoms with Gasteiger partial charge < -0.3 is 0 Å². The summed E-state index contributed by atoms with van der Waals surface area (Å²) in [4.78, 5) is 0. The summed E-state index contributed by atoms with van der Waals surface area (Å²) in [5, 5.41) is 0. The van der Waals surface area contributed by atoms with Crippen molar-refractivity contribution in [1.82, 2.24) is 0 Å². The number of hydrogen-bond acceptors (Lipinski definition) is 0. The van der Waals surface area contributed by atoms with Crippen LogP contribution in [0.15, 0.2) is 97.1 Å². The van der Waals surface area contributed by atoms with Crippen LogP contribution in [-0.2, 0) is 11.8 Å². The second kappa shape index (κ2) is 4.95. The van der Waals surface area contributed by atoms with Crippen molar-refractivity contribution in [2.75, 3.05) is 0 Å². The maximum atomic E-state index is 2.43. The Morgan fingerprint density at radius 2 is 1.12 bits per heavy atom. The molecule has 26 heavy (non-hydrogen) atoms. The van der Waals surface area contributed by atoms with Crippen molar-refractivity contribution in [3.8, 4) is 11.1 Å². The highest BCUT2D eigenvalue weighted by Crippen LogP contribution is 2.56. The molecule has 0 aromatic heterocycles. The van der Waals surface area contributed by atoms with Gasteiger partial charge in [-0.2, -0.15) is 0 Å². The topological polar surface area (TPSA) is 0 Å². The second-order valence-electron chi connectivity index (χ2n) is 7.37. The van der Waals surface area contributed by atoms with E-state index in [0.717, 1.165) is 6.42 Å². The molecular formula is C26H18. The number of benzene rings is 4. The van der Waals surface area contributed by atoms with Crippen molar-refractivity contribution >= 4 is 0 Å². The fourth-order valence-corrected chi connectivity index (χ4v) is 4.84. The van der Waals surface area contributed by atoms with E-state index in [1.807, 2.05) is 0 Å². The predicted octanol–water partition coefficient (Wildman–Crippen LogP) is 5.95. The molecule has 6 rings (SSSR count). The van der Waals surface area contributed by atoms with Crippen LogP contribution in [0.5, 0.6) is 0 Å². The molecule has 0 nitrogen and oxygen atoms in total. The molecule has 0 saturated carbocycles. The number of rotatable bonds is 2. The third-order valence-corrected chi connectivity index (χ3v) is 6.05. The molecule has 2 aliphatic rings. The first-order chi connectivity index (χ1) is 12.9. The number of fused-ring (bicyclic) bond motifs is 4. The zero-order valence-electron chi connectivity index (χ0n) is 14.4. The summed E-state index contributed by atoms with van der Waals surface area (Å²) >= 11 is 0. The van der Waals surface area contributed by atoms with Gasteiger partial charge in [-0.1, -0.05) is 97.1 Å². The van der Waals surface area contributed by atoms with E-state index in [1.54, 1.807) is 0 Å². The van der Waals surface area contributed by atoms with Crippen LogP contribution in [0.4, 0.5) is 0 Å². The first kappa shape index (κ1) is 14.1. The van der Waals surface area contributed by atoms with E-state index in [2.05, 4.69) is 97.1 Å². The minimum absolute atomic E-state index is 0.230. The fraction of sp³-hybridized carbons (Fsp3) is 0.0769. The summed E-state index contributed by atoms with van der Waals surface area (Å²) in [7, 11) is 0. The average molecular weight is 330 g/mol. The molecule has 0 heterocycles. The van der Waals surface area contributed by atoms with Gasteiger partial charge in [-0.25, -0.2) is 0 Å². The lowest BCUT2D eigenvalue weighted by Gasteiger charge is -2.33. The monoisotopic (exact) mass is 330 g/mol. The third kappa shape index (κ3) is 1.69. The average Bonchev–Trinajstić information content (AvgIpc) is 3.43. The van der Waals surface area contributed by atoms with Crippen LogP contribution in [0.3, 0.4) is 0 Å². The van der Waals surface area contributed by atoms with Crippen LogP contribution in [0.1, 0.15) is 33.4 Å². The van der Waals surface area contributed by atoms with Crippen LogP contribution < -0.4 is 0 Å². The summed E-state index contributed by atoms with van der Waals surface area (Å²) in [6, 6.07) is 35.9. The Labute approximate surface area is 153 Å². The van der Waals surface area contributed by atoms with Gasteiger partial charge in [0.2, 0.25) is 0 Å². The van der Waals surface area contributed by atoms with Gasteiger partial charge in [0, 0.05) is 0 Å². The molecule has 0 amide bonds. The van der Waals surface area contributed by atoms with E-state index in [0.29, 0.717) is 0 Å². The van der Waals surface area contributed by atoms with Gasteiger partial charge in [0.15, 0.2) is 0 Å². The Morgan fingerprint density at radius 1 is 0.500 bits per heavy atom. The molecule has 0 heteroatoms. The number of hydrogen-bond donors (Lipinski definition) is 0. The zero-order valence-corrected chi connectivity index (χ0v) is 14.4. The molecule has 0 aliphatic heterocycles. The lowest BCUT2D eigenvalue weighted by Crippen LogP contribution is -2.28. The highest BCUT2D eigenvalue weighted by molar-refractivity contribution is 5.86. The van der Waals surface area contributed by atoms with Gasteiger partial charge in [-0.15, -0.1) is 0 Å². The SMILES string of the molecule is c1ccc(C2(c3ccc4c(c3)C4)c3ccccc3-c3ccccc32)cc1. The van der Waals surface area contributed by atoms with Crippen LogP contribution >= 0.6 is 0 Å². The fourth-order valence-electron chi connectivity index (χ4n) is 4.84. The molecule has 0 atom stereocenters. The quantitative estimate of drug-likeness (QED) is 0.368. The van der Waals surface area contributed by atoms with E-state index in [1.165, 1.54) is 44.5 Å². The molecule has 4 aromatic rings. The Bertz CT molecular complexity index is 1110. The van der Waals surface area contributed by atoms with Crippen LogP contribution in [0.2, 0.25) is 0 Å². The zero-order chi connectivity index (χ0) is 17.1. The molecule has 0 fully saturated rings. The van der Waals surface area contributed by atoms with Crippen molar-refractivity contribution in [3.63, 3.8) is 0 Å². The molecule has 0 radical (unpaired) electrons. The van der Waals surface area contributed by atoms with Crippen molar-refractivity contribution in [2.24, 2.45) is 0 Å². The minimum Gasteiger partial charge on any atom is -0.0622 e. The highest BCUT2D eigenvalue weighted by Gasteiger charge is 2.46. The molecule has 4 aromatic carbocycles. The van der Waals surface area contributed by atoms with Crippen molar-refractivity contribution < 1.29 is 0 Å². The lowest BCUT2D eigenvalue weighted by atomic mass is 9.68. The van der Waals surface area contributed by atoms with Gasteiger partial charge in [0.05, 0.1) is 5.41 Å². The third-order valence-electron chi connectivity index (χ3n) is 6.05. The summed E-state index contributed by atoms with van der Waals surface area (Å²) in [6.45, 7) is 0. The lowest BCUT2D eigenvalue weighted by molar-refractivity contribution is 0.768. The summed E-state index contributed by atoms with van der Waals surface area (Å²) in [5.41, 5.74) is 11.0.